The van der Waals surface area contributed by atoms with E-state index in [0.29, 0.717) is 17.9 Å². The number of carbonyl (C=O) groups excluding carboxylic acids is 1. The highest BCUT2D eigenvalue weighted by Crippen LogP contribution is 2.28. The summed E-state index contributed by atoms with van der Waals surface area (Å²) in [6.45, 7) is 1.73. The molecule has 1 amide bonds. The third kappa shape index (κ3) is 3.97. The smallest absolute Gasteiger partial charge is 0.265 e. The van der Waals surface area contributed by atoms with Crippen molar-refractivity contribution in [3.8, 4) is 11.5 Å². The Bertz CT molecular complexity index is 671. The Morgan fingerprint density at radius 3 is 2.26 bits per heavy atom. The molecule has 0 aromatic heterocycles. The maximum atomic E-state index is 13.6. The SMILES string of the molecule is CC[C@H](Oc1ccccc1OC)C(=O)Nc1c(F)cccc1F. The van der Waals surface area contributed by atoms with Gasteiger partial charge < -0.3 is 14.8 Å². The topological polar surface area (TPSA) is 47.6 Å². The molecule has 0 fully saturated rings. The van der Waals surface area contributed by atoms with E-state index in [1.807, 2.05) is 0 Å². The molecule has 0 heterocycles. The fourth-order valence-corrected chi connectivity index (χ4v) is 2.01. The van der Waals surface area contributed by atoms with Gasteiger partial charge in [0.05, 0.1) is 7.11 Å². The largest absolute Gasteiger partial charge is 0.493 e. The van der Waals surface area contributed by atoms with Crippen molar-refractivity contribution in [3.63, 3.8) is 0 Å². The van der Waals surface area contributed by atoms with Gasteiger partial charge in [0.2, 0.25) is 0 Å². The molecule has 0 unspecified atom stereocenters. The molecule has 0 aliphatic carbocycles. The van der Waals surface area contributed by atoms with Crippen LogP contribution >= 0.6 is 0 Å². The molecule has 2 rings (SSSR count). The fraction of sp³-hybridized carbons (Fsp3) is 0.235. The molecule has 0 saturated carbocycles. The first-order chi connectivity index (χ1) is 11.1. The van der Waals surface area contributed by atoms with Gasteiger partial charge in [-0.15, -0.1) is 0 Å². The molecule has 4 nitrogen and oxygen atoms in total. The molecule has 0 spiro atoms. The van der Waals surface area contributed by atoms with Gasteiger partial charge >= 0.3 is 0 Å². The molecule has 2 aromatic carbocycles. The third-order valence-electron chi connectivity index (χ3n) is 3.21. The minimum absolute atomic E-state index is 0.319. The zero-order valence-electron chi connectivity index (χ0n) is 12.8. The van der Waals surface area contributed by atoms with Crippen molar-refractivity contribution >= 4 is 11.6 Å². The van der Waals surface area contributed by atoms with Crippen LogP contribution in [0.15, 0.2) is 42.5 Å². The summed E-state index contributed by atoms with van der Waals surface area (Å²) < 4.78 is 38.0. The van der Waals surface area contributed by atoms with Crippen LogP contribution in [0.2, 0.25) is 0 Å². The Kier molecular flexibility index (Phi) is 5.51. The Morgan fingerprint density at radius 2 is 1.70 bits per heavy atom. The zero-order valence-corrected chi connectivity index (χ0v) is 12.8. The van der Waals surface area contributed by atoms with Crippen molar-refractivity contribution in [2.45, 2.75) is 19.4 Å². The summed E-state index contributed by atoms with van der Waals surface area (Å²) in [5.41, 5.74) is -0.487. The predicted octanol–water partition coefficient (Wildman–Crippen LogP) is 3.77. The number of rotatable bonds is 6. The van der Waals surface area contributed by atoms with Gasteiger partial charge in [-0.05, 0) is 30.7 Å². The summed E-state index contributed by atoms with van der Waals surface area (Å²) in [6.07, 6.45) is -0.592. The van der Waals surface area contributed by atoms with Crippen LogP contribution in [0.1, 0.15) is 13.3 Å². The quantitative estimate of drug-likeness (QED) is 0.881. The van der Waals surface area contributed by atoms with Crippen LogP contribution in [-0.4, -0.2) is 19.1 Å². The zero-order chi connectivity index (χ0) is 16.8. The van der Waals surface area contributed by atoms with Gasteiger partial charge in [0, 0.05) is 0 Å². The van der Waals surface area contributed by atoms with Crippen LogP contribution in [0.3, 0.4) is 0 Å². The van der Waals surface area contributed by atoms with Crippen LogP contribution < -0.4 is 14.8 Å². The predicted molar refractivity (Wildman–Crippen MR) is 82.7 cm³/mol. The van der Waals surface area contributed by atoms with E-state index in [-0.39, 0.29) is 0 Å². The number of nitrogens with one attached hydrogen (secondary N) is 1. The van der Waals surface area contributed by atoms with E-state index in [2.05, 4.69) is 5.32 Å². The lowest BCUT2D eigenvalue weighted by Crippen LogP contribution is -2.33. The maximum absolute atomic E-state index is 13.6. The number of ether oxygens (including phenoxy) is 2. The Morgan fingerprint density at radius 1 is 1.09 bits per heavy atom. The van der Waals surface area contributed by atoms with Crippen molar-refractivity contribution < 1.29 is 23.0 Å². The minimum Gasteiger partial charge on any atom is -0.493 e. The molecule has 0 saturated heterocycles. The van der Waals surface area contributed by atoms with E-state index in [9.17, 15) is 13.6 Å². The number of benzene rings is 2. The van der Waals surface area contributed by atoms with Crippen LogP contribution in [0.25, 0.3) is 0 Å². The van der Waals surface area contributed by atoms with Crippen LogP contribution in [0.5, 0.6) is 11.5 Å². The molecule has 23 heavy (non-hydrogen) atoms. The van der Waals surface area contributed by atoms with E-state index in [1.54, 1.807) is 31.2 Å². The summed E-state index contributed by atoms with van der Waals surface area (Å²) in [7, 11) is 1.48. The Labute approximate surface area is 133 Å². The number of carbonyl (C=O) groups is 1. The summed E-state index contributed by atoms with van der Waals surface area (Å²) in [4.78, 5) is 12.2. The summed E-state index contributed by atoms with van der Waals surface area (Å²) in [6, 6.07) is 10.2. The van der Waals surface area contributed by atoms with Crippen LogP contribution in [0, 0.1) is 11.6 Å². The van der Waals surface area contributed by atoms with Gasteiger partial charge in [-0.2, -0.15) is 0 Å². The van der Waals surface area contributed by atoms with Gasteiger partial charge in [-0.25, -0.2) is 8.78 Å². The highest BCUT2D eigenvalue weighted by molar-refractivity contribution is 5.94. The Hall–Kier alpha value is -2.63. The second-order valence-electron chi connectivity index (χ2n) is 4.75. The molecule has 2 aromatic rings. The van der Waals surface area contributed by atoms with E-state index in [1.165, 1.54) is 13.2 Å². The summed E-state index contributed by atoms with van der Waals surface area (Å²) >= 11 is 0. The first kappa shape index (κ1) is 16.7. The second-order valence-corrected chi connectivity index (χ2v) is 4.75. The summed E-state index contributed by atoms with van der Waals surface area (Å²) in [5, 5.41) is 2.23. The van der Waals surface area contributed by atoms with E-state index < -0.39 is 29.3 Å². The van der Waals surface area contributed by atoms with E-state index in [4.69, 9.17) is 9.47 Å². The molecule has 1 atom stereocenters. The van der Waals surface area contributed by atoms with Gasteiger partial charge in [-0.1, -0.05) is 25.1 Å². The number of anilines is 1. The molecule has 122 valence electrons. The maximum Gasteiger partial charge on any atom is 0.265 e. The lowest BCUT2D eigenvalue weighted by Gasteiger charge is -2.19. The van der Waals surface area contributed by atoms with Gasteiger partial charge in [0.25, 0.3) is 5.91 Å². The Balaban J connectivity index is 2.16. The molecule has 1 N–H and O–H groups in total. The molecular weight excluding hydrogens is 304 g/mol. The molecule has 0 radical (unpaired) electrons. The minimum atomic E-state index is -0.912. The number of hydrogen-bond acceptors (Lipinski definition) is 3. The van der Waals surface area contributed by atoms with Crippen molar-refractivity contribution in [1.29, 1.82) is 0 Å². The average Bonchev–Trinajstić information content (AvgIpc) is 2.56. The van der Waals surface area contributed by atoms with Crippen LogP contribution in [-0.2, 0) is 4.79 Å². The average molecular weight is 321 g/mol. The monoisotopic (exact) mass is 321 g/mol. The highest BCUT2D eigenvalue weighted by atomic mass is 19.1. The van der Waals surface area contributed by atoms with Gasteiger partial charge in [0.15, 0.2) is 17.6 Å². The summed E-state index contributed by atoms with van der Waals surface area (Å²) in [5.74, 6) is -1.47. The molecular formula is C17H17F2NO3. The normalized spacial score (nSPS) is 11.7. The van der Waals surface area contributed by atoms with Gasteiger partial charge in [0.1, 0.15) is 17.3 Å². The number of para-hydroxylation sites is 3. The second kappa shape index (κ2) is 7.58. The van der Waals surface area contributed by atoms with Crippen molar-refractivity contribution in [2.24, 2.45) is 0 Å². The first-order valence-corrected chi connectivity index (χ1v) is 7.11. The highest BCUT2D eigenvalue weighted by Gasteiger charge is 2.22. The lowest BCUT2D eigenvalue weighted by atomic mass is 10.2. The molecule has 0 aliphatic rings. The lowest BCUT2D eigenvalue weighted by molar-refractivity contribution is -0.122. The van der Waals surface area contributed by atoms with E-state index >= 15 is 0 Å². The molecule has 0 bridgehead atoms. The van der Waals surface area contributed by atoms with Crippen molar-refractivity contribution in [1.82, 2.24) is 0 Å². The number of hydrogen-bond donors (Lipinski definition) is 1. The number of halogens is 2. The number of amides is 1. The third-order valence-corrected chi connectivity index (χ3v) is 3.21. The van der Waals surface area contributed by atoms with Crippen molar-refractivity contribution in [2.75, 3.05) is 12.4 Å². The van der Waals surface area contributed by atoms with Crippen molar-refractivity contribution in [3.05, 3.63) is 54.1 Å². The van der Waals surface area contributed by atoms with Crippen LogP contribution in [0.4, 0.5) is 14.5 Å². The molecule has 0 aliphatic heterocycles. The van der Waals surface area contributed by atoms with Gasteiger partial charge in [-0.3, -0.25) is 4.79 Å². The van der Waals surface area contributed by atoms with E-state index in [0.717, 1.165) is 12.1 Å². The number of methoxy groups -OCH3 is 1. The fourth-order valence-electron chi connectivity index (χ4n) is 2.01. The first-order valence-electron chi connectivity index (χ1n) is 7.11. The standard InChI is InChI=1S/C17H17F2NO3/c1-3-13(23-15-10-5-4-9-14(15)22-2)17(21)20-16-11(18)7-6-8-12(16)19/h4-10,13H,3H2,1-2H3,(H,20,21)/t13-/m0/s1. The molecule has 6 heteroatoms.